The van der Waals surface area contributed by atoms with Gasteiger partial charge in [-0.05, 0) is 60.2 Å². The summed E-state index contributed by atoms with van der Waals surface area (Å²) in [5, 5.41) is 2.95. The predicted octanol–water partition coefficient (Wildman–Crippen LogP) is 5.07. The number of benzene rings is 3. The summed E-state index contributed by atoms with van der Waals surface area (Å²) in [4.78, 5) is 29.3. The number of anilines is 2. The Bertz CT molecular complexity index is 1300. The number of amides is 2. The molecule has 2 amide bonds. The number of carbonyl (C=O) groups is 2. The Kier molecular flexibility index (Phi) is 6.98. The summed E-state index contributed by atoms with van der Waals surface area (Å²) in [5.41, 5.74) is 3.36. The molecule has 0 radical (unpaired) electrons. The Morgan fingerprint density at radius 3 is 2.33 bits per heavy atom. The lowest BCUT2D eigenvalue weighted by molar-refractivity contribution is 0.0714. The topological polar surface area (TPSA) is 75.0 Å². The van der Waals surface area contributed by atoms with E-state index < -0.39 is 0 Å². The molecular formula is C29H27N3O4. The highest BCUT2D eigenvalue weighted by molar-refractivity contribution is 6.04. The first-order valence-electron chi connectivity index (χ1n) is 11.9. The first-order valence-corrected chi connectivity index (χ1v) is 11.9. The fraction of sp³-hybridized carbons (Fsp3) is 0.172. The largest absolute Gasteiger partial charge is 0.489 e. The zero-order valence-corrected chi connectivity index (χ0v) is 19.8. The van der Waals surface area contributed by atoms with Crippen LogP contribution < -0.4 is 15.0 Å². The van der Waals surface area contributed by atoms with Crippen molar-refractivity contribution in [2.75, 3.05) is 36.4 Å². The van der Waals surface area contributed by atoms with E-state index in [1.54, 1.807) is 24.3 Å². The van der Waals surface area contributed by atoms with E-state index in [4.69, 9.17) is 9.15 Å². The third-order valence-corrected chi connectivity index (χ3v) is 6.13. The molecule has 3 aromatic carbocycles. The fourth-order valence-corrected chi connectivity index (χ4v) is 4.15. The van der Waals surface area contributed by atoms with Gasteiger partial charge in [0.2, 0.25) is 0 Å². The Labute approximate surface area is 209 Å². The van der Waals surface area contributed by atoms with Crippen molar-refractivity contribution in [1.82, 2.24) is 4.90 Å². The molecule has 7 heteroatoms. The fourth-order valence-electron chi connectivity index (χ4n) is 4.15. The van der Waals surface area contributed by atoms with Gasteiger partial charge in [-0.25, -0.2) is 0 Å². The van der Waals surface area contributed by atoms with Crippen LogP contribution in [0.5, 0.6) is 5.75 Å². The van der Waals surface area contributed by atoms with Gasteiger partial charge in [0.25, 0.3) is 11.8 Å². The lowest BCUT2D eigenvalue weighted by atomic mass is 10.2. The van der Waals surface area contributed by atoms with Crippen LogP contribution in [-0.2, 0) is 6.61 Å². The van der Waals surface area contributed by atoms with Crippen LogP contribution in [0.1, 0.15) is 26.5 Å². The Balaban J connectivity index is 1.14. The van der Waals surface area contributed by atoms with Gasteiger partial charge >= 0.3 is 0 Å². The van der Waals surface area contributed by atoms with Crippen molar-refractivity contribution in [3.8, 4) is 5.75 Å². The van der Waals surface area contributed by atoms with Crippen LogP contribution in [0, 0.1) is 0 Å². The van der Waals surface area contributed by atoms with Crippen molar-refractivity contribution >= 4 is 23.2 Å². The van der Waals surface area contributed by atoms with Gasteiger partial charge in [0.15, 0.2) is 5.76 Å². The zero-order valence-electron chi connectivity index (χ0n) is 19.8. The van der Waals surface area contributed by atoms with Crippen molar-refractivity contribution in [3.05, 3.63) is 114 Å². The standard InChI is InChI=1S/C29H27N3O4/c33-28(23-8-4-9-26(20-23)36-21-22-6-2-1-3-7-22)30-24-11-13-25(14-12-24)31-15-17-32(18-16-31)29(34)27-10-5-19-35-27/h1-14,19-20H,15-18,21H2,(H,30,33). The summed E-state index contributed by atoms with van der Waals surface area (Å²) in [6.45, 7) is 3.15. The average Bonchev–Trinajstić information content (AvgIpc) is 3.48. The zero-order chi connectivity index (χ0) is 24.7. The quantitative estimate of drug-likeness (QED) is 0.399. The van der Waals surface area contributed by atoms with Gasteiger partial charge in [-0.15, -0.1) is 0 Å². The highest BCUT2D eigenvalue weighted by Gasteiger charge is 2.23. The SMILES string of the molecule is O=C(Nc1ccc(N2CCN(C(=O)c3ccco3)CC2)cc1)c1cccc(OCc2ccccc2)c1. The summed E-state index contributed by atoms with van der Waals surface area (Å²) in [5.74, 6) is 0.744. The van der Waals surface area contributed by atoms with E-state index in [1.165, 1.54) is 6.26 Å². The van der Waals surface area contributed by atoms with E-state index in [9.17, 15) is 9.59 Å². The predicted molar refractivity (Wildman–Crippen MR) is 138 cm³/mol. The third kappa shape index (κ3) is 5.58. The van der Waals surface area contributed by atoms with Crippen molar-refractivity contribution in [1.29, 1.82) is 0 Å². The number of furan rings is 1. The minimum Gasteiger partial charge on any atom is -0.489 e. The van der Waals surface area contributed by atoms with E-state index >= 15 is 0 Å². The van der Waals surface area contributed by atoms with Gasteiger partial charge in [-0.2, -0.15) is 0 Å². The molecule has 0 spiro atoms. The number of nitrogens with zero attached hydrogens (tertiary/aromatic N) is 2. The van der Waals surface area contributed by atoms with E-state index in [1.807, 2.05) is 71.6 Å². The normalized spacial score (nSPS) is 13.3. The van der Waals surface area contributed by atoms with Gasteiger partial charge in [0.05, 0.1) is 6.26 Å². The van der Waals surface area contributed by atoms with Crippen molar-refractivity contribution in [2.45, 2.75) is 6.61 Å². The molecule has 1 aliphatic heterocycles. The molecule has 0 bridgehead atoms. The molecule has 182 valence electrons. The lowest BCUT2D eigenvalue weighted by Gasteiger charge is -2.35. The number of ether oxygens (including phenoxy) is 1. The molecule has 5 rings (SSSR count). The van der Waals surface area contributed by atoms with Crippen LogP contribution in [0.3, 0.4) is 0 Å². The van der Waals surface area contributed by atoms with Crippen LogP contribution in [0.25, 0.3) is 0 Å². The second-order valence-electron chi connectivity index (χ2n) is 8.56. The summed E-state index contributed by atoms with van der Waals surface area (Å²) in [6.07, 6.45) is 1.51. The molecule has 1 saturated heterocycles. The molecule has 1 aliphatic rings. The summed E-state index contributed by atoms with van der Waals surface area (Å²) >= 11 is 0. The molecule has 2 heterocycles. The summed E-state index contributed by atoms with van der Waals surface area (Å²) in [6, 6.07) is 28.2. The van der Waals surface area contributed by atoms with E-state index in [0.717, 1.165) is 24.3 Å². The molecule has 36 heavy (non-hydrogen) atoms. The second-order valence-corrected chi connectivity index (χ2v) is 8.56. The maximum absolute atomic E-state index is 12.8. The molecule has 1 fully saturated rings. The maximum atomic E-state index is 12.8. The number of piperazine rings is 1. The minimum absolute atomic E-state index is 0.0766. The molecule has 0 unspecified atom stereocenters. The Hall–Kier alpha value is -4.52. The van der Waals surface area contributed by atoms with Crippen LogP contribution in [0.2, 0.25) is 0 Å². The Morgan fingerprint density at radius 1 is 0.833 bits per heavy atom. The number of hydrogen-bond acceptors (Lipinski definition) is 5. The number of hydrogen-bond donors (Lipinski definition) is 1. The minimum atomic E-state index is -0.196. The number of carbonyl (C=O) groups excluding carboxylic acids is 2. The van der Waals surface area contributed by atoms with Gasteiger partial charge < -0.3 is 24.3 Å². The maximum Gasteiger partial charge on any atom is 0.289 e. The summed E-state index contributed by atoms with van der Waals surface area (Å²) < 4.78 is 11.1. The molecule has 1 aromatic heterocycles. The van der Waals surface area contributed by atoms with Gasteiger partial charge in [0.1, 0.15) is 12.4 Å². The van der Waals surface area contributed by atoms with Crippen molar-refractivity contribution in [2.24, 2.45) is 0 Å². The highest BCUT2D eigenvalue weighted by atomic mass is 16.5. The van der Waals surface area contributed by atoms with Gasteiger partial charge in [-0.1, -0.05) is 36.4 Å². The average molecular weight is 482 g/mol. The Morgan fingerprint density at radius 2 is 1.61 bits per heavy atom. The lowest BCUT2D eigenvalue weighted by Crippen LogP contribution is -2.48. The molecule has 0 saturated carbocycles. The molecular weight excluding hydrogens is 454 g/mol. The number of rotatable bonds is 7. The molecule has 7 nitrogen and oxygen atoms in total. The van der Waals surface area contributed by atoms with Crippen LogP contribution in [0.15, 0.2) is 102 Å². The third-order valence-electron chi connectivity index (χ3n) is 6.13. The van der Waals surface area contributed by atoms with Crippen molar-refractivity contribution in [3.63, 3.8) is 0 Å². The van der Waals surface area contributed by atoms with Crippen molar-refractivity contribution < 1.29 is 18.7 Å². The van der Waals surface area contributed by atoms with Gasteiger partial charge in [-0.3, -0.25) is 9.59 Å². The molecule has 0 aliphatic carbocycles. The van der Waals surface area contributed by atoms with E-state index in [-0.39, 0.29) is 11.8 Å². The first-order chi connectivity index (χ1) is 17.7. The molecule has 0 atom stereocenters. The second kappa shape index (κ2) is 10.8. The highest BCUT2D eigenvalue weighted by Crippen LogP contribution is 2.22. The van der Waals surface area contributed by atoms with Crippen LogP contribution in [-0.4, -0.2) is 42.9 Å². The summed E-state index contributed by atoms with van der Waals surface area (Å²) in [7, 11) is 0. The van der Waals surface area contributed by atoms with E-state index in [2.05, 4.69) is 10.2 Å². The van der Waals surface area contributed by atoms with Crippen LogP contribution >= 0.6 is 0 Å². The van der Waals surface area contributed by atoms with E-state index in [0.29, 0.717) is 42.5 Å². The monoisotopic (exact) mass is 481 g/mol. The first kappa shape index (κ1) is 23.2. The molecule has 4 aromatic rings. The smallest absolute Gasteiger partial charge is 0.289 e. The number of nitrogens with one attached hydrogen (secondary N) is 1. The van der Waals surface area contributed by atoms with Crippen LogP contribution in [0.4, 0.5) is 11.4 Å². The molecule has 1 N–H and O–H groups in total. The van der Waals surface area contributed by atoms with Gasteiger partial charge in [0, 0.05) is 43.1 Å².